The molecule has 23 heavy (non-hydrogen) atoms. The van der Waals surface area contributed by atoms with E-state index in [0.29, 0.717) is 17.5 Å². The normalized spacial score (nSPS) is 10.1. The molecular weight excluding hydrogens is 292 g/mol. The van der Waals surface area contributed by atoms with Gasteiger partial charge in [0, 0.05) is 33.9 Å². The molecule has 1 heterocycles. The number of aryl methyl sites for hydroxylation is 1. The highest BCUT2D eigenvalue weighted by molar-refractivity contribution is 6.01. The summed E-state index contributed by atoms with van der Waals surface area (Å²) in [6.07, 6.45) is 1.60. The SMILES string of the molecule is Cc1cccc(NC(=O)Nc2cnc(N(C)C)nc2N(C)C)c1. The number of hydrogen-bond acceptors (Lipinski definition) is 5. The molecule has 7 heteroatoms. The largest absolute Gasteiger partial charge is 0.361 e. The minimum absolute atomic E-state index is 0.333. The zero-order valence-corrected chi connectivity index (χ0v) is 14.1. The Kier molecular flexibility index (Phi) is 5.00. The lowest BCUT2D eigenvalue weighted by Crippen LogP contribution is -2.23. The summed E-state index contributed by atoms with van der Waals surface area (Å²) in [5, 5.41) is 5.59. The molecule has 2 amide bonds. The van der Waals surface area contributed by atoms with Crippen LogP contribution in [0.15, 0.2) is 30.5 Å². The Morgan fingerprint density at radius 2 is 1.83 bits per heavy atom. The molecule has 0 radical (unpaired) electrons. The predicted molar refractivity (Wildman–Crippen MR) is 94.5 cm³/mol. The summed E-state index contributed by atoms with van der Waals surface area (Å²) in [4.78, 5) is 24.5. The molecule has 122 valence electrons. The molecule has 2 N–H and O–H groups in total. The third-order valence-electron chi connectivity index (χ3n) is 3.10. The Bertz CT molecular complexity index is 699. The van der Waals surface area contributed by atoms with Gasteiger partial charge in [0.25, 0.3) is 0 Å². The lowest BCUT2D eigenvalue weighted by atomic mass is 10.2. The van der Waals surface area contributed by atoms with Crippen molar-refractivity contribution in [3.8, 4) is 0 Å². The van der Waals surface area contributed by atoms with Crippen molar-refractivity contribution >= 4 is 29.2 Å². The van der Waals surface area contributed by atoms with E-state index >= 15 is 0 Å². The first kappa shape index (κ1) is 16.5. The molecule has 1 aromatic heterocycles. The molecule has 0 aliphatic rings. The van der Waals surface area contributed by atoms with Crippen LogP contribution < -0.4 is 20.4 Å². The van der Waals surface area contributed by atoms with Gasteiger partial charge in [-0.25, -0.2) is 9.78 Å². The molecule has 2 rings (SSSR count). The van der Waals surface area contributed by atoms with Crippen LogP contribution >= 0.6 is 0 Å². The predicted octanol–water partition coefficient (Wildman–Crippen LogP) is 2.56. The number of hydrogen-bond donors (Lipinski definition) is 2. The van der Waals surface area contributed by atoms with E-state index in [1.54, 1.807) is 6.20 Å². The van der Waals surface area contributed by atoms with Crippen LogP contribution in [-0.4, -0.2) is 44.2 Å². The van der Waals surface area contributed by atoms with Gasteiger partial charge in [-0.05, 0) is 24.6 Å². The Morgan fingerprint density at radius 1 is 1.09 bits per heavy atom. The molecule has 7 nitrogen and oxygen atoms in total. The Morgan fingerprint density at radius 3 is 2.43 bits per heavy atom. The number of nitrogens with one attached hydrogen (secondary N) is 2. The molecule has 0 aliphatic carbocycles. The highest BCUT2D eigenvalue weighted by Crippen LogP contribution is 2.23. The molecule has 0 unspecified atom stereocenters. The average Bonchev–Trinajstić information content (AvgIpc) is 2.47. The number of anilines is 4. The second-order valence-electron chi connectivity index (χ2n) is 5.64. The van der Waals surface area contributed by atoms with Gasteiger partial charge in [-0.2, -0.15) is 4.98 Å². The van der Waals surface area contributed by atoms with Gasteiger partial charge < -0.3 is 20.4 Å². The molecule has 1 aromatic carbocycles. The van der Waals surface area contributed by atoms with E-state index in [1.165, 1.54) is 0 Å². The number of carbonyl (C=O) groups excluding carboxylic acids is 1. The minimum Gasteiger partial charge on any atom is -0.361 e. The zero-order valence-electron chi connectivity index (χ0n) is 14.1. The fraction of sp³-hybridized carbons (Fsp3) is 0.312. The third kappa shape index (κ3) is 4.32. The summed E-state index contributed by atoms with van der Waals surface area (Å²) >= 11 is 0. The van der Waals surface area contributed by atoms with Gasteiger partial charge in [0.05, 0.1) is 6.20 Å². The van der Waals surface area contributed by atoms with Gasteiger partial charge in [0.2, 0.25) is 5.95 Å². The number of rotatable bonds is 4. The summed E-state index contributed by atoms with van der Waals surface area (Å²) in [5.74, 6) is 1.22. The summed E-state index contributed by atoms with van der Waals surface area (Å²) in [7, 11) is 7.47. The van der Waals surface area contributed by atoms with Crippen LogP contribution in [0.25, 0.3) is 0 Å². The molecular formula is C16H22N6O. The van der Waals surface area contributed by atoms with Gasteiger partial charge >= 0.3 is 6.03 Å². The topological polar surface area (TPSA) is 73.4 Å². The van der Waals surface area contributed by atoms with Crippen molar-refractivity contribution in [1.82, 2.24) is 9.97 Å². The van der Waals surface area contributed by atoms with Gasteiger partial charge in [0.15, 0.2) is 5.82 Å². The number of urea groups is 1. The number of amides is 2. The number of benzene rings is 1. The van der Waals surface area contributed by atoms with Gasteiger partial charge in [-0.3, -0.25) is 0 Å². The fourth-order valence-electron chi connectivity index (χ4n) is 2.02. The van der Waals surface area contributed by atoms with E-state index in [0.717, 1.165) is 11.3 Å². The minimum atomic E-state index is -0.333. The Balaban J connectivity index is 2.17. The maximum absolute atomic E-state index is 12.2. The molecule has 2 aromatic rings. The van der Waals surface area contributed by atoms with Crippen LogP contribution in [0.5, 0.6) is 0 Å². The van der Waals surface area contributed by atoms with Gasteiger partial charge in [0.1, 0.15) is 5.69 Å². The molecule has 0 saturated heterocycles. The van der Waals surface area contributed by atoms with Gasteiger partial charge in [-0.1, -0.05) is 12.1 Å². The van der Waals surface area contributed by atoms with Crippen molar-refractivity contribution in [1.29, 1.82) is 0 Å². The molecule has 0 fully saturated rings. The molecule has 0 atom stereocenters. The maximum atomic E-state index is 12.2. The van der Waals surface area contributed by atoms with Crippen LogP contribution in [0.2, 0.25) is 0 Å². The van der Waals surface area contributed by atoms with Gasteiger partial charge in [-0.15, -0.1) is 0 Å². The van der Waals surface area contributed by atoms with E-state index < -0.39 is 0 Å². The second kappa shape index (κ2) is 6.95. The van der Waals surface area contributed by atoms with Crippen molar-refractivity contribution in [3.63, 3.8) is 0 Å². The number of aromatic nitrogens is 2. The van der Waals surface area contributed by atoms with Crippen molar-refractivity contribution in [3.05, 3.63) is 36.0 Å². The first-order valence-electron chi connectivity index (χ1n) is 7.23. The van der Waals surface area contributed by atoms with Crippen molar-refractivity contribution in [2.75, 3.05) is 48.6 Å². The molecule has 0 bridgehead atoms. The number of nitrogens with zero attached hydrogens (tertiary/aromatic N) is 4. The highest BCUT2D eigenvalue weighted by atomic mass is 16.2. The smallest absolute Gasteiger partial charge is 0.323 e. The van der Waals surface area contributed by atoms with E-state index in [2.05, 4.69) is 20.6 Å². The highest BCUT2D eigenvalue weighted by Gasteiger charge is 2.13. The van der Waals surface area contributed by atoms with E-state index in [4.69, 9.17) is 0 Å². The van der Waals surface area contributed by atoms with Crippen molar-refractivity contribution < 1.29 is 4.79 Å². The van der Waals surface area contributed by atoms with Crippen LogP contribution in [-0.2, 0) is 0 Å². The third-order valence-corrected chi connectivity index (χ3v) is 3.10. The zero-order chi connectivity index (χ0) is 17.0. The Labute approximate surface area is 136 Å². The van der Waals surface area contributed by atoms with Crippen molar-refractivity contribution in [2.45, 2.75) is 6.92 Å². The first-order valence-corrected chi connectivity index (χ1v) is 7.23. The second-order valence-corrected chi connectivity index (χ2v) is 5.64. The van der Waals surface area contributed by atoms with Crippen LogP contribution in [0.3, 0.4) is 0 Å². The van der Waals surface area contributed by atoms with E-state index in [9.17, 15) is 4.79 Å². The summed E-state index contributed by atoms with van der Waals surface area (Å²) < 4.78 is 0. The number of carbonyl (C=O) groups is 1. The summed E-state index contributed by atoms with van der Waals surface area (Å²) in [6, 6.07) is 7.27. The molecule has 0 aliphatic heterocycles. The average molecular weight is 314 g/mol. The monoisotopic (exact) mass is 314 g/mol. The fourth-order valence-corrected chi connectivity index (χ4v) is 2.02. The van der Waals surface area contributed by atoms with E-state index in [-0.39, 0.29) is 6.03 Å². The summed E-state index contributed by atoms with van der Waals surface area (Å²) in [5.41, 5.74) is 2.36. The van der Waals surface area contributed by atoms with Crippen LogP contribution in [0.4, 0.5) is 27.9 Å². The molecule has 0 saturated carbocycles. The summed E-state index contributed by atoms with van der Waals surface area (Å²) in [6.45, 7) is 1.97. The van der Waals surface area contributed by atoms with E-state index in [1.807, 2.05) is 69.2 Å². The quantitative estimate of drug-likeness (QED) is 0.907. The first-order chi connectivity index (χ1) is 10.9. The van der Waals surface area contributed by atoms with Crippen LogP contribution in [0.1, 0.15) is 5.56 Å². The standard InChI is InChI=1S/C16H22N6O/c1-11-7-6-8-12(9-11)18-16(23)19-13-10-17-15(22(4)5)20-14(13)21(2)3/h6-10H,1-5H3,(H2,18,19,23). The van der Waals surface area contributed by atoms with Crippen LogP contribution in [0, 0.1) is 6.92 Å². The lowest BCUT2D eigenvalue weighted by molar-refractivity contribution is 0.262. The molecule has 0 spiro atoms. The maximum Gasteiger partial charge on any atom is 0.323 e. The van der Waals surface area contributed by atoms with Crippen molar-refractivity contribution in [2.24, 2.45) is 0 Å². The lowest BCUT2D eigenvalue weighted by Gasteiger charge is -2.19. The Hall–Kier alpha value is -2.83.